The van der Waals surface area contributed by atoms with Gasteiger partial charge in [-0.25, -0.2) is 0 Å². The van der Waals surface area contributed by atoms with Crippen molar-refractivity contribution >= 4 is 5.96 Å². The lowest BCUT2D eigenvalue weighted by molar-refractivity contribution is 0.143. The van der Waals surface area contributed by atoms with Crippen molar-refractivity contribution in [1.82, 2.24) is 25.2 Å². The fourth-order valence-electron chi connectivity index (χ4n) is 4.15. The number of piperidine rings is 1. The van der Waals surface area contributed by atoms with E-state index in [4.69, 9.17) is 4.52 Å². The normalized spacial score (nSPS) is 23.0. The first kappa shape index (κ1) is 20.1. The molecule has 0 aliphatic carbocycles. The lowest BCUT2D eigenvalue weighted by atomic mass is 10.0. The average Bonchev–Trinajstić information content (AvgIpc) is 3.22. The van der Waals surface area contributed by atoms with Gasteiger partial charge in [-0.15, -0.1) is 0 Å². The summed E-state index contributed by atoms with van der Waals surface area (Å²) in [6, 6.07) is 2.59. The van der Waals surface area contributed by atoms with E-state index in [1.807, 2.05) is 13.1 Å². The summed E-state index contributed by atoms with van der Waals surface area (Å²) in [4.78, 5) is 12.0. The van der Waals surface area contributed by atoms with Gasteiger partial charge in [0, 0.05) is 58.4 Å². The smallest absolute Gasteiger partial charge is 0.193 e. The first-order valence-electron chi connectivity index (χ1n) is 10.6. The van der Waals surface area contributed by atoms with Gasteiger partial charge >= 0.3 is 0 Å². The molecule has 2 saturated heterocycles. The molecule has 1 aromatic heterocycles. The maximum Gasteiger partial charge on any atom is 0.193 e. The molecule has 27 heavy (non-hydrogen) atoms. The maximum absolute atomic E-state index is 4.94. The summed E-state index contributed by atoms with van der Waals surface area (Å²) < 4.78 is 4.94. The molecular formula is C20H36N6O. The number of nitrogens with one attached hydrogen (secondary N) is 1. The van der Waals surface area contributed by atoms with Gasteiger partial charge in [-0.2, -0.15) is 0 Å². The van der Waals surface area contributed by atoms with E-state index >= 15 is 0 Å². The Kier molecular flexibility index (Phi) is 7.95. The molecule has 7 nitrogen and oxygen atoms in total. The topological polar surface area (TPSA) is 60.1 Å². The van der Waals surface area contributed by atoms with Gasteiger partial charge in [-0.1, -0.05) is 24.9 Å². The zero-order valence-corrected chi connectivity index (χ0v) is 17.1. The van der Waals surface area contributed by atoms with Gasteiger partial charge in [-0.3, -0.25) is 14.8 Å². The Balaban J connectivity index is 1.43. The SMILES string of the molecule is CCCCN1CCCCC1CNC(=NC)N1CCN(Cc2ccon2)CC1. The summed E-state index contributed by atoms with van der Waals surface area (Å²) in [7, 11) is 1.90. The molecule has 1 unspecified atom stereocenters. The second-order valence-corrected chi connectivity index (χ2v) is 7.72. The summed E-state index contributed by atoms with van der Waals surface area (Å²) in [5.41, 5.74) is 1.01. The monoisotopic (exact) mass is 376 g/mol. The molecule has 0 radical (unpaired) electrons. The number of likely N-dealkylation sites (tertiary alicyclic amines) is 1. The van der Waals surface area contributed by atoms with E-state index < -0.39 is 0 Å². The van der Waals surface area contributed by atoms with Gasteiger partial charge in [0.15, 0.2) is 5.96 Å². The fourth-order valence-corrected chi connectivity index (χ4v) is 4.15. The van der Waals surface area contributed by atoms with Gasteiger partial charge < -0.3 is 14.7 Å². The van der Waals surface area contributed by atoms with Crippen LogP contribution < -0.4 is 5.32 Å². The minimum Gasteiger partial charge on any atom is -0.364 e. The summed E-state index contributed by atoms with van der Waals surface area (Å²) in [6.07, 6.45) is 8.23. The van der Waals surface area contributed by atoms with Crippen LogP contribution in [0, 0.1) is 0 Å². The van der Waals surface area contributed by atoms with Gasteiger partial charge in [-0.05, 0) is 32.4 Å². The van der Waals surface area contributed by atoms with Crippen LogP contribution in [0.25, 0.3) is 0 Å². The van der Waals surface area contributed by atoms with E-state index in [0.29, 0.717) is 6.04 Å². The second kappa shape index (κ2) is 10.7. The van der Waals surface area contributed by atoms with Crippen molar-refractivity contribution in [3.63, 3.8) is 0 Å². The number of nitrogens with zero attached hydrogens (tertiary/aromatic N) is 5. The Morgan fingerprint density at radius 1 is 1.26 bits per heavy atom. The van der Waals surface area contributed by atoms with Crippen molar-refractivity contribution in [1.29, 1.82) is 0 Å². The zero-order valence-electron chi connectivity index (χ0n) is 17.1. The summed E-state index contributed by atoms with van der Waals surface area (Å²) >= 11 is 0. The predicted molar refractivity (Wildman–Crippen MR) is 109 cm³/mol. The van der Waals surface area contributed by atoms with E-state index in [2.05, 4.69) is 37.1 Å². The van der Waals surface area contributed by atoms with Gasteiger partial charge in [0.1, 0.15) is 6.26 Å². The van der Waals surface area contributed by atoms with Gasteiger partial charge in [0.25, 0.3) is 0 Å². The largest absolute Gasteiger partial charge is 0.364 e. The van der Waals surface area contributed by atoms with Gasteiger partial charge in [0.05, 0.1) is 5.69 Å². The van der Waals surface area contributed by atoms with Crippen LogP contribution in [-0.4, -0.2) is 84.7 Å². The number of hydrogen-bond acceptors (Lipinski definition) is 5. The number of aliphatic imine (C=N–C) groups is 1. The molecule has 3 heterocycles. The molecule has 0 aromatic carbocycles. The standard InChI is InChI=1S/C20H36N6O/c1-3-4-9-25-10-6-5-7-19(25)16-22-20(21-2)26-13-11-24(12-14-26)17-18-8-15-27-23-18/h8,15,19H,3-7,9-14,16-17H2,1-2H3,(H,21,22). The number of rotatable bonds is 7. The highest BCUT2D eigenvalue weighted by atomic mass is 16.5. The van der Waals surface area contributed by atoms with Crippen LogP contribution in [0.4, 0.5) is 0 Å². The molecule has 0 saturated carbocycles. The molecule has 3 rings (SSSR count). The average molecular weight is 377 g/mol. The molecular weight excluding hydrogens is 340 g/mol. The van der Waals surface area contributed by atoms with Crippen LogP contribution in [0.5, 0.6) is 0 Å². The number of unbranched alkanes of at least 4 members (excludes halogenated alkanes) is 1. The van der Waals surface area contributed by atoms with Crippen molar-refractivity contribution in [2.45, 2.75) is 51.6 Å². The Bertz CT molecular complexity index is 553. The molecule has 1 N–H and O–H groups in total. The predicted octanol–water partition coefficient (Wildman–Crippen LogP) is 2.02. The Morgan fingerprint density at radius 2 is 2.11 bits per heavy atom. The number of piperazine rings is 1. The Morgan fingerprint density at radius 3 is 2.81 bits per heavy atom. The van der Waals surface area contributed by atoms with Crippen LogP contribution in [0.15, 0.2) is 21.8 Å². The molecule has 1 atom stereocenters. The highest BCUT2D eigenvalue weighted by Crippen LogP contribution is 2.17. The molecule has 0 bridgehead atoms. The van der Waals surface area contributed by atoms with Gasteiger partial charge in [0.2, 0.25) is 0 Å². The van der Waals surface area contributed by atoms with E-state index in [9.17, 15) is 0 Å². The third-order valence-electron chi connectivity index (χ3n) is 5.80. The molecule has 7 heteroatoms. The van der Waals surface area contributed by atoms with Crippen molar-refractivity contribution in [2.75, 3.05) is 52.9 Å². The summed E-state index contributed by atoms with van der Waals surface area (Å²) in [5, 5.41) is 7.68. The second-order valence-electron chi connectivity index (χ2n) is 7.72. The van der Waals surface area contributed by atoms with Crippen LogP contribution in [0.1, 0.15) is 44.7 Å². The minimum atomic E-state index is 0.649. The first-order valence-corrected chi connectivity index (χ1v) is 10.6. The lowest BCUT2D eigenvalue weighted by Gasteiger charge is -2.39. The number of hydrogen-bond donors (Lipinski definition) is 1. The van der Waals surface area contributed by atoms with E-state index in [0.717, 1.165) is 50.9 Å². The quantitative estimate of drug-likeness (QED) is 0.580. The highest BCUT2D eigenvalue weighted by molar-refractivity contribution is 5.80. The first-order chi connectivity index (χ1) is 13.3. The highest BCUT2D eigenvalue weighted by Gasteiger charge is 2.24. The molecule has 0 amide bonds. The molecule has 2 fully saturated rings. The van der Waals surface area contributed by atoms with Crippen LogP contribution in [0.2, 0.25) is 0 Å². The molecule has 2 aliphatic heterocycles. The molecule has 0 spiro atoms. The summed E-state index contributed by atoms with van der Waals surface area (Å²) in [6.45, 7) is 10.7. The van der Waals surface area contributed by atoms with Crippen molar-refractivity contribution < 1.29 is 4.52 Å². The molecule has 152 valence electrons. The van der Waals surface area contributed by atoms with Crippen molar-refractivity contribution in [2.24, 2.45) is 4.99 Å². The number of guanidine groups is 1. The van der Waals surface area contributed by atoms with E-state index in [1.54, 1.807) is 6.26 Å². The third-order valence-corrected chi connectivity index (χ3v) is 5.80. The lowest BCUT2D eigenvalue weighted by Crippen LogP contribution is -2.54. The van der Waals surface area contributed by atoms with Crippen LogP contribution in [0.3, 0.4) is 0 Å². The maximum atomic E-state index is 4.94. The minimum absolute atomic E-state index is 0.649. The Labute approximate surface area is 163 Å². The third kappa shape index (κ3) is 5.94. The van der Waals surface area contributed by atoms with E-state index in [-0.39, 0.29) is 0 Å². The van der Waals surface area contributed by atoms with Crippen molar-refractivity contribution in [3.8, 4) is 0 Å². The van der Waals surface area contributed by atoms with E-state index in [1.165, 1.54) is 45.2 Å². The Hall–Kier alpha value is -1.60. The molecule has 2 aliphatic rings. The zero-order chi connectivity index (χ0) is 18.9. The molecule has 1 aromatic rings. The van der Waals surface area contributed by atoms with Crippen molar-refractivity contribution in [3.05, 3.63) is 18.0 Å². The summed E-state index contributed by atoms with van der Waals surface area (Å²) in [5.74, 6) is 1.05. The fraction of sp³-hybridized carbons (Fsp3) is 0.800. The van der Waals surface area contributed by atoms with Crippen LogP contribution >= 0.6 is 0 Å². The van der Waals surface area contributed by atoms with Crippen LogP contribution in [-0.2, 0) is 6.54 Å². The number of aromatic nitrogens is 1.